The lowest BCUT2D eigenvalue weighted by molar-refractivity contribution is 0.267. The fourth-order valence-corrected chi connectivity index (χ4v) is 1.52. The van der Waals surface area contributed by atoms with E-state index in [0.717, 1.165) is 10.2 Å². The highest BCUT2D eigenvalue weighted by atomic mass is 79.9. The molecule has 0 radical (unpaired) electrons. The average Bonchev–Trinajstić information content (AvgIpc) is 2.59. The van der Waals surface area contributed by atoms with Gasteiger partial charge in [0, 0.05) is 18.0 Å². The van der Waals surface area contributed by atoms with E-state index in [1.54, 1.807) is 23.0 Å². The molecule has 0 saturated carbocycles. The minimum absolute atomic E-state index is 0.0977. The minimum atomic E-state index is -0.402. The highest BCUT2D eigenvalue weighted by molar-refractivity contribution is 9.10. The molecule has 0 fully saturated rings. The SMILES string of the molecule is NC(CO)c1cnc2ncc(Br)n2c1. The predicted octanol–water partition coefficient (Wildman–Crippen LogP) is 0.484. The molecule has 1 unspecified atom stereocenters. The van der Waals surface area contributed by atoms with Gasteiger partial charge in [-0.2, -0.15) is 0 Å². The van der Waals surface area contributed by atoms with Crippen LogP contribution in [0.1, 0.15) is 11.6 Å². The second-order valence-corrected chi connectivity index (χ2v) is 3.74. The Morgan fingerprint density at radius 3 is 2.93 bits per heavy atom. The molecule has 1 atom stereocenters. The second-order valence-electron chi connectivity index (χ2n) is 2.93. The first kappa shape index (κ1) is 9.57. The molecule has 2 rings (SSSR count). The molecule has 2 heterocycles. The van der Waals surface area contributed by atoms with Crippen LogP contribution in [0.25, 0.3) is 5.78 Å². The van der Waals surface area contributed by atoms with Gasteiger partial charge in [-0.25, -0.2) is 9.97 Å². The maximum atomic E-state index is 8.89. The van der Waals surface area contributed by atoms with Crippen LogP contribution >= 0.6 is 15.9 Å². The van der Waals surface area contributed by atoms with E-state index in [1.807, 2.05) is 0 Å². The van der Waals surface area contributed by atoms with E-state index in [4.69, 9.17) is 10.8 Å². The molecular formula is C8H9BrN4O. The Kier molecular flexibility index (Phi) is 2.49. The molecule has 0 aromatic carbocycles. The molecule has 0 saturated heterocycles. The number of halogens is 1. The van der Waals surface area contributed by atoms with Crippen molar-refractivity contribution < 1.29 is 5.11 Å². The number of rotatable bonds is 2. The Hall–Kier alpha value is -0.980. The monoisotopic (exact) mass is 256 g/mol. The van der Waals surface area contributed by atoms with Crippen molar-refractivity contribution in [2.45, 2.75) is 6.04 Å². The van der Waals surface area contributed by atoms with Gasteiger partial charge < -0.3 is 10.8 Å². The van der Waals surface area contributed by atoms with Crippen molar-refractivity contribution in [1.82, 2.24) is 14.4 Å². The van der Waals surface area contributed by atoms with E-state index in [-0.39, 0.29) is 6.61 Å². The Bertz CT molecular complexity index is 456. The van der Waals surface area contributed by atoms with Gasteiger partial charge in [0.2, 0.25) is 5.78 Å². The van der Waals surface area contributed by atoms with Crippen molar-refractivity contribution >= 4 is 21.7 Å². The van der Waals surface area contributed by atoms with E-state index in [0.29, 0.717) is 5.78 Å². The number of hydrogen-bond acceptors (Lipinski definition) is 4. The van der Waals surface area contributed by atoms with Crippen molar-refractivity contribution in [2.24, 2.45) is 5.73 Å². The van der Waals surface area contributed by atoms with Gasteiger partial charge in [0.1, 0.15) is 4.60 Å². The molecule has 0 aliphatic heterocycles. The lowest BCUT2D eigenvalue weighted by atomic mass is 10.2. The smallest absolute Gasteiger partial charge is 0.234 e. The third-order valence-corrected chi connectivity index (χ3v) is 2.55. The molecule has 3 N–H and O–H groups in total. The van der Waals surface area contributed by atoms with Gasteiger partial charge in [-0.05, 0) is 15.9 Å². The van der Waals surface area contributed by atoms with Crippen molar-refractivity contribution in [3.63, 3.8) is 0 Å². The molecule has 2 aromatic rings. The Labute approximate surface area is 88.7 Å². The fraction of sp³-hybridized carbons (Fsp3) is 0.250. The molecule has 0 amide bonds. The molecule has 2 aromatic heterocycles. The first-order chi connectivity index (χ1) is 6.72. The number of fused-ring (bicyclic) bond motifs is 1. The maximum Gasteiger partial charge on any atom is 0.234 e. The summed E-state index contributed by atoms with van der Waals surface area (Å²) in [6.45, 7) is -0.0977. The van der Waals surface area contributed by atoms with Gasteiger partial charge in [-0.15, -0.1) is 0 Å². The Morgan fingerprint density at radius 2 is 2.21 bits per heavy atom. The Morgan fingerprint density at radius 1 is 1.50 bits per heavy atom. The summed E-state index contributed by atoms with van der Waals surface area (Å²) in [5.74, 6) is 0.603. The van der Waals surface area contributed by atoms with Crippen LogP contribution in [0.3, 0.4) is 0 Å². The summed E-state index contributed by atoms with van der Waals surface area (Å²) < 4.78 is 2.58. The van der Waals surface area contributed by atoms with E-state index in [1.165, 1.54) is 0 Å². The first-order valence-electron chi connectivity index (χ1n) is 4.07. The third-order valence-electron chi connectivity index (χ3n) is 1.96. The predicted molar refractivity (Wildman–Crippen MR) is 54.7 cm³/mol. The van der Waals surface area contributed by atoms with Crippen LogP contribution in [0.4, 0.5) is 0 Å². The second kappa shape index (κ2) is 3.64. The van der Waals surface area contributed by atoms with Crippen LogP contribution in [0.2, 0.25) is 0 Å². The van der Waals surface area contributed by atoms with Crippen LogP contribution in [0.15, 0.2) is 23.2 Å². The van der Waals surface area contributed by atoms with Gasteiger partial charge >= 0.3 is 0 Å². The number of hydrogen-bond donors (Lipinski definition) is 2. The molecule has 0 aliphatic carbocycles. The summed E-state index contributed by atoms with van der Waals surface area (Å²) in [6.07, 6.45) is 5.09. The van der Waals surface area contributed by atoms with Gasteiger partial charge in [-0.1, -0.05) is 0 Å². The summed E-state index contributed by atoms with van der Waals surface area (Å²) in [6, 6.07) is -0.402. The number of nitrogens with zero attached hydrogens (tertiary/aromatic N) is 3. The summed E-state index contributed by atoms with van der Waals surface area (Å²) in [5, 5.41) is 8.89. The zero-order chi connectivity index (χ0) is 10.1. The summed E-state index contributed by atoms with van der Waals surface area (Å²) in [7, 11) is 0. The highest BCUT2D eigenvalue weighted by Crippen LogP contribution is 2.14. The van der Waals surface area contributed by atoms with E-state index >= 15 is 0 Å². The minimum Gasteiger partial charge on any atom is -0.394 e. The standard InChI is InChI=1S/C8H9BrN4O/c9-7-2-12-8-11-1-5(3-13(7)8)6(10)4-14/h1-3,6,14H,4,10H2. The molecule has 6 heteroatoms. The average molecular weight is 257 g/mol. The largest absolute Gasteiger partial charge is 0.394 e. The first-order valence-corrected chi connectivity index (χ1v) is 4.86. The molecular weight excluding hydrogens is 248 g/mol. The van der Waals surface area contributed by atoms with Gasteiger partial charge in [0.15, 0.2) is 0 Å². The number of imidazole rings is 1. The molecule has 5 nitrogen and oxygen atoms in total. The summed E-state index contributed by atoms with van der Waals surface area (Å²) in [5.41, 5.74) is 6.44. The van der Waals surface area contributed by atoms with Gasteiger partial charge in [0.05, 0.1) is 18.8 Å². The normalized spacial score (nSPS) is 13.4. The van der Waals surface area contributed by atoms with E-state index in [2.05, 4.69) is 25.9 Å². The molecule has 74 valence electrons. The Balaban J connectivity index is 2.54. The van der Waals surface area contributed by atoms with Crippen LogP contribution in [0, 0.1) is 0 Å². The van der Waals surface area contributed by atoms with Gasteiger partial charge in [0.25, 0.3) is 0 Å². The topological polar surface area (TPSA) is 76.4 Å². The van der Waals surface area contributed by atoms with Crippen molar-refractivity contribution in [3.05, 3.63) is 28.8 Å². The van der Waals surface area contributed by atoms with Crippen molar-refractivity contribution in [1.29, 1.82) is 0 Å². The zero-order valence-electron chi connectivity index (χ0n) is 7.26. The van der Waals surface area contributed by atoms with Crippen LogP contribution in [-0.2, 0) is 0 Å². The van der Waals surface area contributed by atoms with Crippen LogP contribution in [-0.4, -0.2) is 26.1 Å². The van der Waals surface area contributed by atoms with Crippen molar-refractivity contribution in [3.8, 4) is 0 Å². The zero-order valence-corrected chi connectivity index (χ0v) is 8.85. The lowest BCUT2D eigenvalue weighted by Crippen LogP contribution is -2.15. The number of aromatic nitrogens is 3. The quantitative estimate of drug-likeness (QED) is 0.820. The molecule has 14 heavy (non-hydrogen) atoms. The lowest BCUT2D eigenvalue weighted by Gasteiger charge is -2.07. The summed E-state index contributed by atoms with van der Waals surface area (Å²) in [4.78, 5) is 8.15. The number of aliphatic hydroxyl groups is 1. The molecule has 0 spiro atoms. The van der Waals surface area contributed by atoms with E-state index < -0.39 is 6.04 Å². The summed E-state index contributed by atoms with van der Waals surface area (Å²) >= 11 is 3.33. The fourth-order valence-electron chi connectivity index (χ4n) is 1.16. The number of aliphatic hydroxyl groups excluding tert-OH is 1. The number of nitrogens with two attached hydrogens (primary N) is 1. The maximum absolute atomic E-state index is 8.89. The molecule has 0 bridgehead atoms. The third kappa shape index (κ3) is 1.52. The van der Waals surface area contributed by atoms with Crippen LogP contribution < -0.4 is 5.73 Å². The molecule has 0 aliphatic rings. The van der Waals surface area contributed by atoms with Gasteiger partial charge in [-0.3, -0.25) is 4.40 Å². The van der Waals surface area contributed by atoms with Crippen molar-refractivity contribution in [2.75, 3.05) is 6.61 Å². The highest BCUT2D eigenvalue weighted by Gasteiger charge is 2.07. The van der Waals surface area contributed by atoms with Crippen LogP contribution in [0.5, 0.6) is 0 Å². The van der Waals surface area contributed by atoms with E-state index in [9.17, 15) is 0 Å².